The van der Waals surface area contributed by atoms with E-state index in [1.807, 2.05) is 0 Å². The van der Waals surface area contributed by atoms with Crippen molar-refractivity contribution in [3.63, 3.8) is 0 Å². The molecule has 0 fully saturated rings. The molecule has 0 amide bonds. The highest BCUT2D eigenvalue weighted by Crippen LogP contribution is 2.50. The fraction of sp³-hybridized carbons (Fsp3) is 0.700. The molecule has 0 atom stereocenters. The van der Waals surface area contributed by atoms with Gasteiger partial charge in [-0.3, -0.25) is 4.57 Å². The van der Waals surface area contributed by atoms with Crippen molar-refractivity contribution in [3.8, 4) is 0 Å². The molecule has 0 aliphatic rings. The van der Waals surface area contributed by atoms with Crippen molar-refractivity contribution in [3.05, 3.63) is 11.6 Å². The van der Waals surface area contributed by atoms with Gasteiger partial charge in [0.25, 0.3) is 0 Å². The van der Waals surface area contributed by atoms with Crippen LogP contribution in [0.5, 0.6) is 0 Å². The summed E-state index contributed by atoms with van der Waals surface area (Å²) >= 11 is 0. The Morgan fingerprint density at radius 1 is 1.17 bits per heavy atom. The SMILES string of the molecule is CCOOP(=O)(CC(C)=CC(=O)OC)OOCC. The Morgan fingerprint density at radius 3 is 2.06 bits per heavy atom. The van der Waals surface area contributed by atoms with Gasteiger partial charge >= 0.3 is 13.6 Å². The smallest absolute Gasteiger partial charge is 0.388 e. The largest absolute Gasteiger partial charge is 0.466 e. The lowest BCUT2D eigenvalue weighted by Gasteiger charge is -2.15. The second-order valence-corrected chi connectivity index (χ2v) is 5.08. The van der Waals surface area contributed by atoms with Gasteiger partial charge in [-0.2, -0.15) is 0 Å². The molecule has 8 heteroatoms. The van der Waals surface area contributed by atoms with Gasteiger partial charge in [-0.05, 0) is 20.8 Å². The van der Waals surface area contributed by atoms with Crippen molar-refractivity contribution in [2.75, 3.05) is 26.5 Å². The highest BCUT2D eigenvalue weighted by molar-refractivity contribution is 7.53. The summed E-state index contributed by atoms with van der Waals surface area (Å²) in [6, 6.07) is 0. The van der Waals surface area contributed by atoms with E-state index in [2.05, 4.69) is 23.9 Å². The highest BCUT2D eigenvalue weighted by atomic mass is 31.2. The zero-order valence-corrected chi connectivity index (χ0v) is 11.9. The lowest BCUT2D eigenvalue weighted by molar-refractivity contribution is -0.262. The second-order valence-electron chi connectivity index (χ2n) is 3.24. The first-order valence-corrected chi connectivity index (χ1v) is 7.16. The summed E-state index contributed by atoms with van der Waals surface area (Å²) in [6.45, 7) is 5.34. The van der Waals surface area contributed by atoms with Gasteiger partial charge in [-0.15, -0.1) is 9.35 Å². The molecular weight excluding hydrogens is 263 g/mol. The molecule has 0 saturated carbocycles. The fourth-order valence-corrected chi connectivity index (χ4v) is 2.31. The third-order valence-electron chi connectivity index (χ3n) is 1.58. The van der Waals surface area contributed by atoms with Gasteiger partial charge in [0.1, 0.15) is 0 Å². The lowest BCUT2D eigenvalue weighted by Crippen LogP contribution is -2.05. The van der Waals surface area contributed by atoms with Crippen LogP contribution in [-0.4, -0.2) is 32.5 Å². The molecule has 0 aliphatic carbocycles. The summed E-state index contributed by atoms with van der Waals surface area (Å²) in [7, 11) is -2.35. The monoisotopic (exact) mass is 282 g/mol. The molecule has 0 rings (SSSR count). The van der Waals surface area contributed by atoms with Gasteiger partial charge in [0.15, 0.2) is 0 Å². The molecular formula is C10H19O7P. The third kappa shape index (κ3) is 7.58. The van der Waals surface area contributed by atoms with Crippen LogP contribution >= 0.6 is 7.60 Å². The average Bonchev–Trinajstić information content (AvgIpc) is 2.33. The molecule has 18 heavy (non-hydrogen) atoms. The topological polar surface area (TPSA) is 80.3 Å². The number of hydrogen-bond donors (Lipinski definition) is 0. The molecule has 106 valence electrons. The molecule has 0 aromatic carbocycles. The first-order chi connectivity index (χ1) is 8.47. The molecule has 0 heterocycles. The van der Waals surface area contributed by atoms with Gasteiger partial charge in [0.05, 0.1) is 26.5 Å². The van der Waals surface area contributed by atoms with Gasteiger partial charge in [-0.1, -0.05) is 5.57 Å². The second kappa shape index (κ2) is 9.24. The molecule has 0 saturated heterocycles. The molecule has 0 unspecified atom stereocenters. The lowest BCUT2D eigenvalue weighted by atomic mass is 10.3. The van der Waals surface area contributed by atoms with E-state index in [-0.39, 0.29) is 19.4 Å². The summed E-state index contributed by atoms with van der Waals surface area (Å²) in [6.07, 6.45) is 1.05. The quantitative estimate of drug-likeness (QED) is 0.211. The van der Waals surface area contributed by atoms with E-state index < -0.39 is 13.6 Å². The predicted octanol–water partition coefficient (Wildman–Crippen LogP) is 2.24. The van der Waals surface area contributed by atoms with Crippen molar-refractivity contribution in [1.82, 2.24) is 0 Å². The zero-order chi connectivity index (χ0) is 14.0. The van der Waals surface area contributed by atoms with Crippen LogP contribution < -0.4 is 0 Å². The van der Waals surface area contributed by atoms with E-state index in [1.54, 1.807) is 20.8 Å². The minimum atomic E-state index is -3.60. The van der Waals surface area contributed by atoms with Crippen molar-refractivity contribution in [2.45, 2.75) is 20.8 Å². The Bertz CT molecular complexity index is 314. The summed E-state index contributed by atoms with van der Waals surface area (Å²) in [5.74, 6) is -0.549. The van der Waals surface area contributed by atoms with Crippen LogP contribution in [0.15, 0.2) is 11.6 Å². The molecule has 0 N–H and O–H groups in total. The van der Waals surface area contributed by atoms with E-state index in [0.717, 1.165) is 0 Å². The molecule has 0 radical (unpaired) electrons. The van der Waals surface area contributed by atoms with Crippen LogP contribution in [0.3, 0.4) is 0 Å². The van der Waals surface area contributed by atoms with E-state index in [1.165, 1.54) is 13.2 Å². The minimum Gasteiger partial charge on any atom is -0.466 e. The first kappa shape index (κ1) is 17.3. The third-order valence-corrected chi connectivity index (χ3v) is 3.13. The molecule has 0 aromatic heterocycles. The maximum absolute atomic E-state index is 12.1. The number of rotatable bonds is 9. The van der Waals surface area contributed by atoms with Gasteiger partial charge < -0.3 is 4.74 Å². The zero-order valence-electron chi connectivity index (χ0n) is 11.0. The highest BCUT2D eigenvalue weighted by Gasteiger charge is 2.28. The summed E-state index contributed by atoms with van der Waals surface area (Å²) < 4.78 is 25.9. The minimum absolute atomic E-state index is 0.137. The maximum atomic E-state index is 12.1. The normalized spacial score (nSPS) is 12.6. The fourth-order valence-electron chi connectivity index (χ4n) is 0.942. The number of methoxy groups -OCH3 is 1. The van der Waals surface area contributed by atoms with Crippen LogP contribution in [0, 0.1) is 0 Å². The maximum Gasteiger partial charge on any atom is 0.388 e. The number of allylic oxidation sites excluding steroid dienone is 1. The number of carbonyl (C=O) groups is 1. The number of esters is 1. The van der Waals surface area contributed by atoms with Crippen LogP contribution in [-0.2, 0) is 33.2 Å². The van der Waals surface area contributed by atoms with E-state index in [9.17, 15) is 9.36 Å². The standard InChI is InChI=1S/C10H19O7P/c1-5-14-16-18(12,17-15-6-2)8-9(3)7-10(11)13-4/h7H,5-6,8H2,1-4H3. The summed E-state index contributed by atoms with van der Waals surface area (Å²) in [4.78, 5) is 20.2. The number of carbonyl (C=O) groups excluding carboxylic acids is 1. The van der Waals surface area contributed by atoms with Crippen LogP contribution in [0.1, 0.15) is 20.8 Å². The van der Waals surface area contributed by atoms with Crippen LogP contribution in [0.2, 0.25) is 0 Å². The van der Waals surface area contributed by atoms with Crippen molar-refractivity contribution < 1.29 is 33.2 Å². The van der Waals surface area contributed by atoms with Crippen molar-refractivity contribution >= 4 is 13.6 Å². The number of hydrogen-bond acceptors (Lipinski definition) is 7. The van der Waals surface area contributed by atoms with E-state index in [0.29, 0.717) is 5.57 Å². The summed E-state index contributed by atoms with van der Waals surface area (Å²) in [5.41, 5.74) is 0.463. The molecule has 0 bridgehead atoms. The Balaban J connectivity index is 4.61. The average molecular weight is 282 g/mol. The Kier molecular flexibility index (Phi) is 8.87. The molecule has 7 nitrogen and oxygen atoms in total. The molecule has 0 aliphatic heterocycles. The predicted molar refractivity (Wildman–Crippen MR) is 63.7 cm³/mol. The van der Waals surface area contributed by atoms with Gasteiger partial charge in [0.2, 0.25) is 0 Å². The van der Waals surface area contributed by atoms with E-state index in [4.69, 9.17) is 0 Å². The van der Waals surface area contributed by atoms with Gasteiger partial charge in [0, 0.05) is 6.08 Å². The Hall–Kier alpha value is -0.720. The van der Waals surface area contributed by atoms with E-state index >= 15 is 0 Å². The first-order valence-electron chi connectivity index (χ1n) is 5.44. The van der Waals surface area contributed by atoms with Crippen molar-refractivity contribution in [2.24, 2.45) is 0 Å². The summed E-state index contributed by atoms with van der Waals surface area (Å²) in [5, 5.41) is 0. The van der Waals surface area contributed by atoms with Crippen LogP contribution in [0.25, 0.3) is 0 Å². The molecule has 0 aromatic rings. The Labute approximate surface area is 106 Å². The number of ether oxygens (including phenoxy) is 1. The van der Waals surface area contributed by atoms with Crippen molar-refractivity contribution in [1.29, 1.82) is 0 Å². The Morgan fingerprint density at radius 2 is 1.67 bits per heavy atom. The van der Waals surface area contributed by atoms with Gasteiger partial charge in [-0.25, -0.2) is 14.6 Å². The molecule has 0 spiro atoms. The van der Waals surface area contributed by atoms with Crippen LogP contribution in [0.4, 0.5) is 0 Å².